The summed E-state index contributed by atoms with van der Waals surface area (Å²) >= 11 is 0. The van der Waals surface area contributed by atoms with E-state index in [1.54, 1.807) is 0 Å². The molecule has 0 aliphatic heterocycles. The van der Waals surface area contributed by atoms with Crippen LogP contribution in [0.15, 0.2) is 0 Å². The van der Waals surface area contributed by atoms with Crippen molar-refractivity contribution in [1.29, 1.82) is 0 Å². The Balaban J connectivity index is 0. The molecule has 0 rings (SSSR count). The third-order valence-electron chi connectivity index (χ3n) is 4.05. The summed E-state index contributed by atoms with van der Waals surface area (Å²) in [5.41, 5.74) is 0. The van der Waals surface area contributed by atoms with Gasteiger partial charge in [0.1, 0.15) is 0 Å². The van der Waals surface area contributed by atoms with Crippen LogP contribution in [0.3, 0.4) is 0 Å². The number of unbranched alkanes of at least 4 members (excludes halogenated alkanes) is 12. The Hall–Kier alpha value is 0.830. The largest absolute Gasteiger partial charge is 1.00 e. The van der Waals surface area contributed by atoms with E-state index in [2.05, 4.69) is 11.1 Å². The summed E-state index contributed by atoms with van der Waals surface area (Å²) in [6.07, 6.45) is 17.2. The first-order valence-electron chi connectivity index (χ1n) is 9.74. The Kier molecular flexibility index (Phi) is 23.7. The molecule has 0 amide bonds. The molecule has 0 aliphatic carbocycles. The zero-order chi connectivity index (χ0) is 17.9. The van der Waals surface area contributed by atoms with Gasteiger partial charge in [0.15, 0.2) is 0 Å². The van der Waals surface area contributed by atoms with Crippen LogP contribution in [0.5, 0.6) is 0 Å². The Bertz CT molecular complexity index is 349. The molecule has 0 saturated heterocycles. The molecule has 0 aromatic rings. The Labute approximate surface area is 177 Å². The van der Waals surface area contributed by atoms with Gasteiger partial charge in [-0.25, -0.2) is 8.42 Å². The van der Waals surface area contributed by atoms with Crippen LogP contribution in [0.1, 0.15) is 96.8 Å². The molecule has 0 spiro atoms. The second kappa shape index (κ2) is 21.1. The van der Waals surface area contributed by atoms with E-state index in [1.807, 2.05) is 0 Å². The average Bonchev–Trinajstić information content (AvgIpc) is 2.52. The molecular formula is C18H37NaO5S. The van der Waals surface area contributed by atoms with Crippen molar-refractivity contribution in [3.05, 3.63) is 0 Å². The van der Waals surface area contributed by atoms with Gasteiger partial charge in [-0.1, -0.05) is 77.6 Å². The molecule has 7 heteroatoms. The van der Waals surface area contributed by atoms with Crippen LogP contribution in [0, 0.1) is 0 Å². The molecule has 0 saturated carbocycles. The van der Waals surface area contributed by atoms with E-state index < -0.39 is 10.4 Å². The molecule has 0 fully saturated rings. The predicted octanol–water partition coefficient (Wildman–Crippen LogP) is 1.97. The first-order chi connectivity index (χ1) is 11.6. The maximum Gasteiger partial charge on any atom is 1.00 e. The normalized spacial score (nSPS) is 11.4. The SMILES string of the molecule is CCCCCCCCCCCCCCOCCCCOS(=O)(=O)[O-].[Na+]. The van der Waals surface area contributed by atoms with E-state index >= 15 is 0 Å². The Morgan fingerprint density at radius 2 is 1.00 bits per heavy atom. The summed E-state index contributed by atoms with van der Waals surface area (Å²) in [6, 6.07) is 0. The molecule has 0 heterocycles. The van der Waals surface area contributed by atoms with Crippen molar-refractivity contribution >= 4 is 10.4 Å². The summed E-state index contributed by atoms with van der Waals surface area (Å²) < 4.78 is 40.2. The summed E-state index contributed by atoms with van der Waals surface area (Å²) in [7, 11) is -4.54. The fourth-order valence-corrected chi connectivity index (χ4v) is 2.94. The molecule has 25 heavy (non-hydrogen) atoms. The van der Waals surface area contributed by atoms with Gasteiger partial charge in [0.25, 0.3) is 0 Å². The Morgan fingerprint density at radius 1 is 0.640 bits per heavy atom. The third-order valence-corrected chi connectivity index (χ3v) is 4.51. The van der Waals surface area contributed by atoms with Crippen molar-refractivity contribution in [2.75, 3.05) is 19.8 Å². The van der Waals surface area contributed by atoms with Crippen LogP contribution in [-0.2, 0) is 19.3 Å². The van der Waals surface area contributed by atoms with Gasteiger partial charge in [-0.2, -0.15) is 0 Å². The predicted molar refractivity (Wildman–Crippen MR) is 96.8 cm³/mol. The fraction of sp³-hybridized carbons (Fsp3) is 1.00. The molecule has 0 N–H and O–H groups in total. The van der Waals surface area contributed by atoms with Gasteiger partial charge in [-0.05, 0) is 19.3 Å². The zero-order valence-electron chi connectivity index (χ0n) is 16.5. The molecule has 0 unspecified atom stereocenters. The number of hydrogen-bond donors (Lipinski definition) is 0. The minimum Gasteiger partial charge on any atom is -0.726 e. The van der Waals surface area contributed by atoms with E-state index in [4.69, 9.17) is 4.74 Å². The molecule has 0 aliphatic rings. The van der Waals surface area contributed by atoms with E-state index in [-0.39, 0.29) is 36.2 Å². The van der Waals surface area contributed by atoms with Crippen molar-refractivity contribution in [3.8, 4) is 0 Å². The van der Waals surface area contributed by atoms with E-state index in [0.717, 1.165) is 13.0 Å². The van der Waals surface area contributed by atoms with E-state index in [0.29, 0.717) is 19.4 Å². The number of hydrogen-bond acceptors (Lipinski definition) is 5. The molecule has 0 aromatic heterocycles. The van der Waals surface area contributed by atoms with Gasteiger partial charge in [0, 0.05) is 13.2 Å². The van der Waals surface area contributed by atoms with Crippen molar-refractivity contribution in [3.63, 3.8) is 0 Å². The van der Waals surface area contributed by atoms with Crippen molar-refractivity contribution < 1.29 is 51.4 Å². The smallest absolute Gasteiger partial charge is 0.726 e. The quantitative estimate of drug-likeness (QED) is 0.146. The van der Waals surface area contributed by atoms with E-state index in [9.17, 15) is 13.0 Å². The summed E-state index contributed by atoms with van der Waals surface area (Å²) in [4.78, 5) is 0. The molecule has 0 aromatic carbocycles. The van der Waals surface area contributed by atoms with Gasteiger partial charge < -0.3 is 9.29 Å². The summed E-state index contributed by atoms with van der Waals surface area (Å²) in [5.74, 6) is 0. The van der Waals surface area contributed by atoms with Crippen molar-refractivity contribution in [2.24, 2.45) is 0 Å². The van der Waals surface area contributed by atoms with Crippen LogP contribution >= 0.6 is 0 Å². The first kappa shape index (κ1) is 28.0. The van der Waals surface area contributed by atoms with Crippen LogP contribution in [0.25, 0.3) is 0 Å². The van der Waals surface area contributed by atoms with Gasteiger partial charge in [0.05, 0.1) is 6.61 Å². The fourth-order valence-electron chi connectivity index (χ4n) is 2.61. The van der Waals surface area contributed by atoms with Gasteiger partial charge >= 0.3 is 29.6 Å². The summed E-state index contributed by atoms with van der Waals surface area (Å²) in [5, 5.41) is 0. The van der Waals surface area contributed by atoms with Crippen LogP contribution in [-0.4, -0.2) is 32.8 Å². The summed E-state index contributed by atoms with van der Waals surface area (Å²) in [6.45, 7) is 3.57. The Morgan fingerprint density at radius 3 is 1.44 bits per heavy atom. The van der Waals surface area contributed by atoms with Crippen LogP contribution in [0.2, 0.25) is 0 Å². The zero-order valence-corrected chi connectivity index (χ0v) is 19.3. The minimum atomic E-state index is -4.54. The topological polar surface area (TPSA) is 75.7 Å². The van der Waals surface area contributed by atoms with Crippen molar-refractivity contribution in [2.45, 2.75) is 96.8 Å². The second-order valence-corrected chi connectivity index (χ2v) is 7.49. The number of rotatable bonds is 19. The average molecular weight is 389 g/mol. The van der Waals surface area contributed by atoms with Gasteiger partial charge in [0.2, 0.25) is 10.4 Å². The van der Waals surface area contributed by atoms with Gasteiger partial charge in [-0.3, -0.25) is 4.18 Å². The molecular weight excluding hydrogens is 351 g/mol. The van der Waals surface area contributed by atoms with Crippen LogP contribution < -0.4 is 29.6 Å². The second-order valence-electron chi connectivity index (χ2n) is 6.44. The standard InChI is InChI=1S/C18H38O5S.Na/c1-2-3-4-5-6-7-8-9-10-11-12-13-16-22-17-14-15-18-23-24(19,20)21;/h2-18H2,1H3,(H,19,20,21);/q;+1/p-1. The number of ether oxygens (including phenoxy) is 1. The molecule has 0 radical (unpaired) electrons. The molecule has 5 nitrogen and oxygen atoms in total. The molecule has 0 bridgehead atoms. The molecule has 146 valence electrons. The first-order valence-corrected chi connectivity index (χ1v) is 11.1. The van der Waals surface area contributed by atoms with Crippen molar-refractivity contribution in [1.82, 2.24) is 0 Å². The maximum atomic E-state index is 10.2. The third kappa shape index (κ3) is 27.2. The van der Waals surface area contributed by atoms with Gasteiger partial charge in [-0.15, -0.1) is 0 Å². The maximum absolute atomic E-state index is 10.2. The van der Waals surface area contributed by atoms with E-state index in [1.165, 1.54) is 70.6 Å². The minimum absolute atomic E-state index is 0. The monoisotopic (exact) mass is 388 g/mol. The molecule has 0 atom stereocenters. The van der Waals surface area contributed by atoms with Crippen LogP contribution in [0.4, 0.5) is 0 Å².